The standard InChI is InChI=1S/C27H25ClN4O/c1-19(16-20-8-12-24(28)13-9-20)30-26(22-6-4-3-5-7-22)27(33)31-25-14-10-21(11-15-25)23-17-29-32(2)18-23/h3-15,17-19H,16H2,1-2H3,(H,31,33). The van der Waals surface area contributed by atoms with Crippen LogP contribution in [0, 0.1) is 0 Å². The zero-order valence-corrected chi connectivity index (χ0v) is 19.3. The Morgan fingerprint density at radius 3 is 2.33 bits per heavy atom. The van der Waals surface area contributed by atoms with Crippen molar-refractivity contribution < 1.29 is 4.79 Å². The molecular formula is C27H25ClN4O. The van der Waals surface area contributed by atoms with Crippen molar-refractivity contribution in [3.05, 3.63) is 107 Å². The lowest BCUT2D eigenvalue weighted by Gasteiger charge is -2.13. The van der Waals surface area contributed by atoms with Crippen LogP contribution in [0.25, 0.3) is 11.1 Å². The molecule has 4 aromatic rings. The van der Waals surface area contributed by atoms with E-state index < -0.39 is 0 Å². The Balaban J connectivity index is 1.53. The summed E-state index contributed by atoms with van der Waals surface area (Å²) in [5, 5.41) is 7.90. The number of anilines is 1. The van der Waals surface area contributed by atoms with Gasteiger partial charge in [-0.3, -0.25) is 14.5 Å². The van der Waals surface area contributed by atoms with Crippen molar-refractivity contribution in [1.29, 1.82) is 0 Å². The Labute approximate surface area is 198 Å². The van der Waals surface area contributed by atoms with Crippen LogP contribution in [-0.4, -0.2) is 27.4 Å². The maximum absolute atomic E-state index is 13.2. The summed E-state index contributed by atoms with van der Waals surface area (Å²) in [4.78, 5) is 18.0. The number of aromatic nitrogens is 2. The summed E-state index contributed by atoms with van der Waals surface area (Å²) in [5.41, 5.74) is 5.09. The molecule has 1 amide bonds. The smallest absolute Gasteiger partial charge is 0.274 e. The molecule has 166 valence electrons. The van der Waals surface area contributed by atoms with Gasteiger partial charge in [-0.2, -0.15) is 5.10 Å². The number of halogens is 1. The van der Waals surface area contributed by atoms with E-state index in [1.807, 2.05) is 105 Å². The van der Waals surface area contributed by atoms with Crippen LogP contribution >= 0.6 is 11.6 Å². The molecular weight excluding hydrogens is 432 g/mol. The highest BCUT2D eigenvalue weighted by Crippen LogP contribution is 2.21. The maximum atomic E-state index is 13.2. The quantitative estimate of drug-likeness (QED) is 0.357. The molecule has 1 N–H and O–H groups in total. The van der Waals surface area contributed by atoms with E-state index in [2.05, 4.69) is 10.4 Å². The van der Waals surface area contributed by atoms with Crippen molar-refractivity contribution in [3.63, 3.8) is 0 Å². The summed E-state index contributed by atoms with van der Waals surface area (Å²) in [7, 11) is 1.89. The molecule has 0 spiro atoms. The fraction of sp³-hybridized carbons (Fsp3) is 0.148. The Morgan fingerprint density at radius 1 is 1.00 bits per heavy atom. The zero-order valence-electron chi connectivity index (χ0n) is 18.6. The normalized spacial score (nSPS) is 12.4. The van der Waals surface area contributed by atoms with Crippen molar-refractivity contribution in [2.75, 3.05) is 5.32 Å². The van der Waals surface area contributed by atoms with Crippen LogP contribution in [0.3, 0.4) is 0 Å². The van der Waals surface area contributed by atoms with E-state index in [1.165, 1.54) is 0 Å². The van der Waals surface area contributed by atoms with Gasteiger partial charge in [0.1, 0.15) is 5.71 Å². The van der Waals surface area contributed by atoms with Crippen molar-refractivity contribution in [3.8, 4) is 11.1 Å². The van der Waals surface area contributed by atoms with Gasteiger partial charge in [0.05, 0.1) is 12.2 Å². The number of carbonyl (C=O) groups is 1. The molecule has 0 radical (unpaired) electrons. The molecule has 0 bridgehead atoms. The number of nitrogens with one attached hydrogen (secondary N) is 1. The number of hydrogen-bond donors (Lipinski definition) is 1. The van der Waals surface area contributed by atoms with Gasteiger partial charge in [-0.1, -0.05) is 66.2 Å². The Kier molecular flexibility index (Phi) is 7.01. The van der Waals surface area contributed by atoms with Gasteiger partial charge < -0.3 is 5.32 Å². The molecule has 33 heavy (non-hydrogen) atoms. The van der Waals surface area contributed by atoms with Gasteiger partial charge in [-0.15, -0.1) is 0 Å². The predicted octanol–water partition coefficient (Wildman–Crippen LogP) is 5.80. The first-order valence-electron chi connectivity index (χ1n) is 10.8. The highest BCUT2D eigenvalue weighted by Gasteiger charge is 2.16. The maximum Gasteiger partial charge on any atom is 0.274 e. The molecule has 5 nitrogen and oxygen atoms in total. The molecule has 0 saturated heterocycles. The fourth-order valence-corrected chi connectivity index (χ4v) is 3.72. The third-order valence-corrected chi connectivity index (χ3v) is 5.49. The molecule has 0 aliphatic carbocycles. The van der Waals surface area contributed by atoms with Crippen LogP contribution in [0.15, 0.2) is 96.2 Å². The molecule has 1 aromatic heterocycles. The van der Waals surface area contributed by atoms with E-state index in [-0.39, 0.29) is 11.9 Å². The first-order valence-corrected chi connectivity index (χ1v) is 11.1. The van der Waals surface area contributed by atoms with E-state index >= 15 is 0 Å². The molecule has 1 heterocycles. The van der Waals surface area contributed by atoms with Crippen LogP contribution in [-0.2, 0) is 18.3 Å². The summed E-state index contributed by atoms with van der Waals surface area (Å²) in [6.07, 6.45) is 4.48. The van der Waals surface area contributed by atoms with Gasteiger partial charge >= 0.3 is 0 Å². The number of aryl methyl sites for hydroxylation is 1. The predicted molar refractivity (Wildman–Crippen MR) is 135 cm³/mol. The van der Waals surface area contributed by atoms with Crippen LogP contribution in [0.2, 0.25) is 5.02 Å². The second-order valence-corrected chi connectivity index (χ2v) is 8.39. The molecule has 1 atom stereocenters. The summed E-state index contributed by atoms with van der Waals surface area (Å²) < 4.78 is 1.76. The number of aliphatic imine (C=N–C) groups is 1. The Morgan fingerprint density at radius 2 is 1.70 bits per heavy atom. The van der Waals surface area contributed by atoms with Crippen LogP contribution < -0.4 is 5.32 Å². The monoisotopic (exact) mass is 456 g/mol. The van der Waals surface area contributed by atoms with Crippen LogP contribution in [0.4, 0.5) is 5.69 Å². The summed E-state index contributed by atoms with van der Waals surface area (Å²) >= 11 is 5.99. The fourth-order valence-electron chi connectivity index (χ4n) is 3.59. The summed E-state index contributed by atoms with van der Waals surface area (Å²) in [6.45, 7) is 2.01. The Hall–Kier alpha value is -3.70. The molecule has 0 saturated carbocycles. The molecule has 4 rings (SSSR count). The van der Waals surface area contributed by atoms with Crippen molar-refractivity contribution in [2.45, 2.75) is 19.4 Å². The SMILES string of the molecule is CC(Cc1ccc(Cl)cc1)N=C(C(=O)Nc1ccc(-c2cnn(C)c2)cc1)c1ccccc1. The Bertz CT molecular complexity index is 1250. The second-order valence-electron chi connectivity index (χ2n) is 7.96. The lowest BCUT2D eigenvalue weighted by atomic mass is 10.1. The average molecular weight is 457 g/mol. The van der Waals surface area contributed by atoms with Crippen molar-refractivity contribution >= 4 is 28.9 Å². The topological polar surface area (TPSA) is 59.3 Å². The highest BCUT2D eigenvalue weighted by molar-refractivity contribution is 6.48. The van der Waals surface area contributed by atoms with Crippen LogP contribution in [0.1, 0.15) is 18.1 Å². The van der Waals surface area contributed by atoms with E-state index in [1.54, 1.807) is 4.68 Å². The number of carbonyl (C=O) groups excluding carboxylic acids is 1. The molecule has 0 aliphatic rings. The first-order chi connectivity index (χ1) is 16.0. The van der Waals surface area contributed by atoms with Gasteiger partial charge in [-0.05, 0) is 48.7 Å². The number of hydrogen-bond acceptors (Lipinski definition) is 3. The van der Waals surface area contributed by atoms with E-state index in [0.717, 1.165) is 22.3 Å². The van der Waals surface area contributed by atoms with Gasteiger partial charge in [0.15, 0.2) is 0 Å². The summed E-state index contributed by atoms with van der Waals surface area (Å²) in [6, 6.07) is 24.9. The zero-order chi connectivity index (χ0) is 23.2. The molecule has 3 aromatic carbocycles. The number of amides is 1. The van der Waals surface area contributed by atoms with Gasteiger partial charge in [-0.25, -0.2) is 0 Å². The van der Waals surface area contributed by atoms with Gasteiger partial charge in [0.25, 0.3) is 5.91 Å². The van der Waals surface area contributed by atoms with Gasteiger partial charge in [0.2, 0.25) is 0 Å². The van der Waals surface area contributed by atoms with Crippen molar-refractivity contribution in [1.82, 2.24) is 9.78 Å². The molecule has 6 heteroatoms. The number of rotatable bonds is 7. The lowest BCUT2D eigenvalue weighted by Crippen LogP contribution is -2.25. The minimum absolute atomic E-state index is 0.0833. The molecule has 0 fully saturated rings. The third kappa shape index (κ3) is 5.96. The molecule has 0 aliphatic heterocycles. The van der Waals surface area contributed by atoms with E-state index in [4.69, 9.17) is 16.6 Å². The summed E-state index contributed by atoms with van der Waals surface area (Å²) in [5.74, 6) is -0.238. The van der Waals surface area contributed by atoms with E-state index in [0.29, 0.717) is 22.8 Å². The van der Waals surface area contributed by atoms with Gasteiger partial charge in [0, 0.05) is 35.1 Å². The minimum atomic E-state index is -0.238. The average Bonchev–Trinajstić information content (AvgIpc) is 3.26. The second kappa shape index (κ2) is 10.3. The lowest BCUT2D eigenvalue weighted by molar-refractivity contribution is -0.110. The highest BCUT2D eigenvalue weighted by atomic mass is 35.5. The third-order valence-electron chi connectivity index (χ3n) is 5.24. The van der Waals surface area contributed by atoms with Crippen molar-refractivity contribution in [2.24, 2.45) is 12.0 Å². The minimum Gasteiger partial charge on any atom is -0.321 e. The number of nitrogens with zero attached hydrogens (tertiary/aromatic N) is 3. The number of benzene rings is 3. The van der Waals surface area contributed by atoms with E-state index in [9.17, 15) is 4.79 Å². The largest absolute Gasteiger partial charge is 0.321 e. The first kappa shape index (κ1) is 22.5. The molecule has 1 unspecified atom stereocenters. The van der Waals surface area contributed by atoms with Crippen LogP contribution in [0.5, 0.6) is 0 Å².